The maximum atomic E-state index is 14.6. The maximum Gasteiger partial charge on any atom is 0.244 e. The van der Waals surface area contributed by atoms with Crippen molar-refractivity contribution in [2.45, 2.75) is 19.0 Å². The Hall–Kier alpha value is -3.86. The number of anilines is 1. The second-order valence-electron chi connectivity index (χ2n) is 8.30. The molecule has 0 fully saturated rings. The normalized spacial score (nSPS) is 12.0. The van der Waals surface area contributed by atoms with Crippen molar-refractivity contribution in [1.29, 1.82) is 0 Å². The molecule has 0 unspecified atom stereocenters. The molecule has 37 heavy (non-hydrogen) atoms. The number of sulfonamides is 1. The van der Waals surface area contributed by atoms with Crippen molar-refractivity contribution in [2.24, 2.45) is 0 Å². The predicted octanol–water partition coefficient (Wildman–Crippen LogP) is 3.26. The van der Waals surface area contributed by atoms with Gasteiger partial charge in [0.25, 0.3) is 0 Å². The lowest BCUT2D eigenvalue weighted by Crippen LogP contribution is -2.53. The maximum absolute atomic E-state index is 14.6. The highest BCUT2D eigenvalue weighted by atomic mass is 32.2. The number of benzene rings is 3. The zero-order chi connectivity index (χ0) is 27.2. The molecule has 0 aromatic heterocycles. The zero-order valence-corrected chi connectivity index (χ0v) is 21.0. The van der Waals surface area contributed by atoms with Crippen LogP contribution >= 0.6 is 0 Å². The number of hydrogen-bond acceptors (Lipinski definition) is 4. The van der Waals surface area contributed by atoms with Gasteiger partial charge in [-0.05, 0) is 23.8 Å². The molecule has 0 aliphatic carbocycles. The molecule has 3 rings (SSSR count). The van der Waals surface area contributed by atoms with Crippen LogP contribution in [0, 0.1) is 17.5 Å². The topological polar surface area (TPSA) is 86.8 Å². The molecule has 11 heteroatoms. The average molecular weight is 534 g/mol. The Bertz CT molecular complexity index is 1370. The lowest BCUT2D eigenvalue weighted by atomic mass is 10.0. The minimum Gasteiger partial charge on any atom is -0.357 e. The van der Waals surface area contributed by atoms with Crippen molar-refractivity contribution in [3.63, 3.8) is 0 Å². The first-order valence-electron chi connectivity index (χ1n) is 11.2. The molecule has 0 bridgehead atoms. The standard InChI is InChI=1S/C26H26F3N3O4S/c1-30-26(34)24(14-18-8-4-3-5-9-18)31(16-19-10-6-7-11-21(19)27)25(33)17-32(37(2,35)36)20-12-13-22(28)23(29)15-20/h3-13,15,24H,14,16-17H2,1-2H3,(H,30,34)/t24-/m0/s1. The van der Waals surface area contributed by atoms with E-state index in [9.17, 15) is 31.2 Å². The summed E-state index contributed by atoms with van der Waals surface area (Å²) in [6, 6.07) is 15.8. The first-order chi connectivity index (χ1) is 17.5. The van der Waals surface area contributed by atoms with E-state index in [2.05, 4.69) is 5.32 Å². The summed E-state index contributed by atoms with van der Waals surface area (Å²) in [7, 11) is -2.76. The van der Waals surface area contributed by atoms with Crippen LogP contribution in [-0.4, -0.2) is 51.0 Å². The summed E-state index contributed by atoms with van der Waals surface area (Å²) in [6.45, 7) is -1.17. The molecule has 0 saturated heterocycles. The lowest BCUT2D eigenvalue weighted by molar-refractivity contribution is -0.139. The fraction of sp³-hybridized carbons (Fsp3) is 0.231. The summed E-state index contributed by atoms with van der Waals surface area (Å²) in [5.41, 5.74) is 0.541. The number of nitrogens with zero attached hydrogens (tertiary/aromatic N) is 2. The van der Waals surface area contributed by atoms with Crippen LogP contribution in [0.25, 0.3) is 0 Å². The number of halogens is 3. The molecule has 0 radical (unpaired) electrons. The summed E-state index contributed by atoms with van der Waals surface area (Å²) < 4.78 is 67.6. The number of carbonyl (C=O) groups excluding carboxylic acids is 2. The van der Waals surface area contributed by atoms with Crippen molar-refractivity contribution >= 4 is 27.5 Å². The van der Waals surface area contributed by atoms with Crippen LogP contribution in [-0.2, 0) is 32.6 Å². The third kappa shape index (κ3) is 7.10. The molecule has 0 spiro atoms. The van der Waals surface area contributed by atoms with Gasteiger partial charge in [0.05, 0.1) is 11.9 Å². The molecule has 0 aliphatic heterocycles. The lowest BCUT2D eigenvalue weighted by Gasteiger charge is -2.33. The number of rotatable bonds is 10. The molecule has 0 saturated carbocycles. The third-order valence-electron chi connectivity index (χ3n) is 5.69. The van der Waals surface area contributed by atoms with E-state index >= 15 is 0 Å². The monoisotopic (exact) mass is 533 g/mol. The SMILES string of the molecule is CNC(=O)[C@H](Cc1ccccc1)N(Cc1ccccc1F)C(=O)CN(c1ccc(F)c(F)c1)S(C)(=O)=O. The van der Waals surface area contributed by atoms with Crippen LogP contribution < -0.4 is 9.62 Å². The van der Waals surface area contributed by atoms with E-state index in [-0.39, 0.29) is 24.2 Å². The van der Waals surface area contributed by atoms with E-state index < -0.39 is 51.9 Å². The molecule has 0 heterocycles. The smallest absolute Gasteiger partial charge is 0.244 e. The van der Waals surface area contributed by atoms with Crippen LogP contribution in [0.1, 0.15) is 11.1 Å². The second-order valence-corrected chi connectivity index (χ2v) is 10.2. The molecule has 3 aromatic carbocycles. The van der Waals surface area contributed by atoms with E-state index in [4.69, 9.17) is 0 Å². The van der Waals surface area contributed by atoms with Gasteiger partial charge in [-0.25, -0.2) is 21.6 Å². The van der Waals surface area contributed by atoms with Gasteiger partial charge in [-0.1, -0.05) is 48.5 Å². The predicted molar refractivity (Wildman–Crippen MR) is 133 cm³/mol. The highest BCUT2D eigenvalue weighted by Gasteiger charge is 2.33. The summed E-state index contributed by atoms with van der Waals surface area (Å²) >= 11 is 0. The average Bonchev–Trinajstić information content (AvgIpc) is 2.86. The largest absolute Gasteiger partial charge is 0.357 e. The Morgan fingerprint density at radius 1 is 0.892 bits per heavy atom. The van der Waals surface area contributed by atoms with E-state index in [1.165, 1.54) is 25.2 Å². The quantitative estimate of drug-likeness (QED) is 0.434. The fourth-order valence-electron chi connectivity index (χ4n) is 3.78. The van der Waals surface area contributed by atoms with E-state index in [0.29, 0.717) is 15.9 Å². The van der Waals surface area contributed by atoms with Crippen molar-refractivity contribution in [1.82, 2.24) is 10.2 Å². The minimum absolute atomic E-state index is 0.0603. The summed E-state index contributed by atoms with van der Waals surface area (Å²) in [4.78, 5) is 27.7. The van der Waals surface area contributed by atoms with Gasteiger partial charge in [0, 0.05) is 31.6 Å². The van der Waals surface area contributed by atoms with Crippen LogP contribution in [0.15, 0.2) is 72.8 Å². The van der Waals surface area contributed by atoms with Crippen LogP contribution in [0.4, 0.5) is 18.9 Å². The van der Waals surface area contributed by atoms with Crippen LogP contribution in [0.2, 0.25) is 0 Å². The Labute approximate surface area is 213 Å². The molecule has 2 amide bonds. The number of hydrogen-bond donors (Lipinski definition) is 1. The van der Waals surface area contributed by atoms with Gasteiger partial charge in [-0.2, -0.15) is 0 Å². The first kappa shape index (κ1) is 27.7. The van der Waals surface area contributed by atoms with Crippen LogP contribution in [0.5, 0.6) is 0 Å². The van der Waals surface area contributed by atoms with E-state index in [0.717, 1.165) is 23.3 Å². The van der Waals surface area contributed by atoms with Crippen molar-refractivity contribution in [3.05, 3.63) is 101 Å². The number of nitrogens with one attached hydrogen (secondary N) is 1. The Morgan fingerprint density at radius 3 is 2.14 bits per heavy atom. The summed E-state index contributed by atoms with van der Waals surface area (Å²) in [6.07, 6.45) is 0.869. The van der Waals surface area contributed by atoms with Crippen molar-refractivity contribution in [3.8, 4) is 0 Å². The Kier molecular flexibility index (Phi) is 8.93. The molecular formula is C26H26F3N3O4S. The zero-order valence-electron chi connectivity index (χ0n) is 20.2. The Balaban J connectivity index is 2.05. The van der Waals surface area contributed by atoms with Gasteiger partial charge in [0.2, 0.25) is 21.8 Å². The molecule has 7 nitrogen and oxygen atoms in total. The summed E-state index contributed by atoms with van der Waals surface area (Å²) in [5, 5.41) is 2.50. The third-order valence-corrected chi connectivity index (χ3v) is 6.83. The minimum atomic E-state index is -4.15. The molecule has 1 N–H and O–H groups in total. The van der Waals surface area contributed by atoms with Gasteiger partial charge in [0.1, 0.15) is 18.4 Å². The van der Waals surface area contributed by atoms with Gasteiger partial charge >= 0.3 is 0 Å². The highest BCUT2D eigenvalue weighted by molar-refractivity contribution is 7.92. The number of amides is 2. The van der Waals surface area contributed by atoms with Gasteiger partial charge < -0.3 is 10.2 Å². The van der Waals surface area contributed by atoms with Gasteiger partial charge in [0.15, 0.2) is 11.6 Å². The van der Waals surface area contributed by atoms with Crippen molar-refractivity contribution in [2.75, 3.05) is 24.2 Å². The van der Waals surface area contributed by atoms with Crippen LogP contribution in [0.3, 0.4) is 0 Å². The number of carbonyl (C=O) groups is 2. The second kappa shape index (κ2) is 11.9. The van der Waals surface area contributed by atoms with Gasteiger partial charge in [-0.3, -0.25) is 13.9 Å². The van der Waals surface area contributed by atoms with Crippen molar-refractivity contribution < 1.29 is 31.2 Å². The first-order valence-corrected chi connectivity index (χ1v) is 13.1. The Morgan fingerprint density at radius 2 is 1.54 bits per heavy atom. The molecular weight excluding hydrogens is 507 g/mol. The molecule has 196 valence electrons. The summed E-state index contributed by atoms with van der Waals surface area (Å²) in [5.74, 6) is -4.49. The fourth-order valence-corrected chi connectivity index (χ4v) is 4.63. The highest BCUT2D eigenvalue weighted by Crippen LogP contribution is 2.22. The molecule has 0 aliphatic rings. The molecule has 1 atom stereocenters. The molecule has 3 aromatic rings. The van der Waals surface area contributed by atoms with E-state index in [1.54, 1.807) is 36.4 Å². The van der Waals surface area contributed by atoms with Gasteiger partial charge in [-0.15, -0.1) is 0 Å². The number of likely N-dealkylation sites (N-methyl/N-ethyl adjacent to an activating group) is 1. The van der Waals surface area contributed by atoms with E-state index in [1.807, 2.05) is 0 Å².